The Balaban J connectivity index is 1.75. The van der Waals surface area contributed by atoms with Crippen LogP contribution in [0.3, 0.4) is 0 Å². The second-order valence-corrected chi connectivity index (χ2v) is 6.47. The van der Waals surface area contributed by atoms with Crippen LogP contribution < -0.4 is 15.4 Å². The zero-order chi connectivity index (χ0) is 18.9. The molecule has 1 aromatic heterocycles. The van der Waals surface area contributed by atoms with Gasteiger partial charge in [0, 0.05) is 38.0 Å². The summed E-state index contributed by atoms with van der Waals surface area (Å²) < 4.78 is 10.7. The quantitative estimate of drug-likeness (QED) is 0.428. The number of hydrogen-bond acceptors (Lipinski definition) is 5. The Morgan fingerprint density at radius 1 is 1.31 bits per heavy atom. The topological polar surface area (TPSA) is 84.6 Å². The molecule has 0 atom stereocenters. The monoisotopic (exact) mass is 359 g/mol. The fraction of sp³-hybridized carbons (Fsp3) is 0.526. The third-order valence-electron chi connectivity index (χ3n) is 3.97. The Morgan fingerprint density at radius 3 is 2.77 bits per heavy atom. The highest BCUT2D eigenvalue weighted by Crippen LogP contribution is 2.19. The number of nitrogens with one attached hydrogen (secondary N) is 2. The van der Waals surface area contributed by atoms with Crippen molar-refractivity contribution in [1.29, 1.82) is 0 Å². The molecule has 1 aromatic carbocycles. The zero-order valence-electron chi connectivity index (χ0n) is 16.3. The van der Waals surface area contributed by atoms with Crippen LogP contribution in [0.4, 0.5) is 0 Å². The summed E-state index contributed by atoms with van der Waals surface area (Å²) in [7, 11) is 3.45. The molecule has 7 nitrogen and oxygen atoms in total. The maximum absolute atomic E-state index is 5.43. The number of aryl methyl sites for hydroxylation is 2. The molecule has 0 amide bonds. The summed E-state index contributed by atoms with van der Waals surface area (Å²) in [5, 5.41) is 10.6. The predicted molar refractivity (Wildman–Crippen MR) is 103 cm³/mol. The highest BCUT2D eigenvalue weighted by molar-refractivity contribution is 5.79. The average Bonchev–Trinajstić information content (AvgIpc) is 3.11. The maximum Gasteiger partial charge on any atom is 0.226 e. The molecular formula is C19H29N5O2. The molecule has 0 aliphatic rings. The molecule has 0 fully saturated rings. The van der Waals surface area contributed by atoms with Crippen molar-refractivity contribution >= 4 is 5.96 Å². The summed E-state index contributed by atoms with van der Waals surface area (Å²) in [5.41, 5.74) is 2.27. The van der Waals surface area contributed by atoms with Crippen LogP contribution >= 0.6 is 0 Å². The van der Waals surface area contributed by atoms with Crippen LogP contribution in [-0.4, -0.2) is 36.8 Å². The van der Waals surface area contributed by atoms with Gasteiger partial charge >= 0.3 is 0 Å². The lowest BCUT2D eigenvalue weighted by Gasteiger charge is -2.14. The van der Waals surface area contributed by atoms with Gasteiger partial charge in [0.25, 0.3) is 0 Å². The van der Waals surface area contributed by atoms with E-state index in [-0.39, 0.29) is 5.92 Å². The summed E-state index contributed by atoms with van der Waals surface area (Å²) in [5.74, 6) is 3.36. The third-order valence-corrected chi connectivity index (χ3v) is 3.97. The molecule has 0 aliphatic heterocycles. The van der Waals surface area contributed by atoms with Gasteiger partial charge in [0.05, 0.1) is 7.11 Å². The van der Waals surface area contributed by atoms with E-state index in [4.69, 9.17) is 9.26 Å². The Hall–Kier alpha value is -2.57. The fourth-order valence-electron chi connectivity index (χ4n) is 2.45. The molecule has 2 rings (SSSR count). The number of aliphatic imine (C=N–C) groups is 1. The number of rotatable bonds is 8. The van der Waals surface area contributed by atoms with Gasteiger partial charge in [-0.2, -0.15) is 4.98 Å². The molecular weight excluding hydrogens is 330 g/mol. The molecule has 0 radical (unpaired) electrons. The Bertz CT molecular complexity index is 724. The van der Waals surface area contributed by atoms with Crippen molar-refractivity contribution in [2.45, 2.75) is 46.1 Å². The first-order chi connectivity index (χ1) is 12.5. The largest absolute Gasteiger partial charge is 0.496 e. The highest BCUT2D eigenvalue weighted by Gasteiger charge is 2.09. The molecule has 0 saturated carbocycles. The van der Waals surface area contributed by atoms with Gasteiger partial charge in [-0.3, -0.25) is 4.99 Å². The number of benzene rings is 1. The predicted octanol–water partition coefficient (Wildman–Crippen LogP) is 2.81. The molecule has 142 valence electrons. The Morgan fingerprint density at radius 2 is 2.12 bits per heavy atom. The lowest BCUT2D eigenvalue weighted by atomic mass is 10.1. The molecule has 2 aromatic rings. The van der Waals surface area contributed by atoms with Gasteiger partial charge in [-0.1, -0.05) is 31.1 Å². The van der Waals surface area contributed by atoms with Gasteiger partial charge in [0.2, 0.25) is 5.89 Å². The summed E-state index contributed by atoms with van der Waals surface area (Å²) in [6.07, 6.45) is 1.63. The van der Waals surface area contributed by atoms with Crippen molar-refractivity contribution in [3.63, 3.8) is 0 Å². The number of nitrogens with zero attached hydrogens (tertiary/aromatic N) is 3. The summed E-state index contributed by atoms with van der Waals surface area (Å²) in [6.45, 7) is 7.56. The van der Waals surface area contributed by atoms with E-state index in [1.54, 1.807) is 14.2 Å². The summed E-state index contributed by atoms with van der Waals surface area (Å²) in [4.78, 5) is 8.63. The van der Waals surface area contributed by atoms with Gasteiger partial charge in [-0.15, -0.1) is 0 Å². The SMILES string of the molecule is CN=C(NCCCc1nc(C(C)C)no1)NCc1ccc(C)cc1OC. The number of hydrogen-bond donors (Lipinski definition) is 2. The lowest BCUT2D eigenvalue weighted by molar-refractivity contribution is 0.368. The first-order valence-corrected chi connectivity index (χ1v) is 8.94. The van der Waals surface area contributed by atoms with Gasteiger partial charge in [-0.25, -0.2) is 0 Å². The normalized spacial score (nSPS) is 11.7. The van der Waals surface area contributed by atoms with Gasteiger partial charge in [0.15, 0.2) is 11.8 Å². The zero-order valence-corrected chi connectivity index (χ0v) is 16.3. The summed E-state index contributed by atoms with van der Waals surface area (Å²) >= 11 is 0. The van der Waals surface area contributed by atoms with E-state index in [1.807, 2.05) is 13.0 Å². The van der Waals surface area contributed by atoms with Gasteiger partial charge in [-0.05, 0) is 25.0 Å². The van der Waals surface area contributed by atoms with E-state index < -0.39 is 0 Å². The molecule has 0 aliphatic carbocycles. The maximum atomic E-state index is 5.43. The first kappa shape index (κ1) is 19.8. The van der Waals surface area contributed by atoms with Crippen LogP contribution in [0.2, 0.25) is 0 Å². The molecule has 1 heterocycles. The van der Waals surface area contributed by atoms with Crippen LogP contribution in [0.15, 0.2) is 27.7 Å². The smallest absolute Gasteiger partial charge is 0.226 e. The highest BCUT2D eigenvalue weighted by atomic mass is 16.5. The molecule has 26 heavy (non-hydrogen) atoms. The van der Waals surface area contributed by atoms with E-state index >= 15 is 0 Å². The lowest BCUT2D eigenvalue weighted by Crippen LogP contribution is -2.37. The summed E-state index contributed by atoms with van der Waals surface area (Å²) in [6, 6.07) is 6.17. The van der Waals surface area contributed by atoms with Gasteiger partial charge in [0.1, 0.15) is 5.75 Å². The Labute approximate surface area is 155 Å². The molecule has 7 heteroatoms. The van der Waals surface area contributed by atoms with Crippen molar-refractivity contribution in [1.82, 2.24) is 20.8 Å². The van der Waals surface area contributed by atoms with Crippen LogP contribution in [0, 0.1) is 6.92 Å². The molecule has 0 saturated heterocycles. The standard InChI is InChI=1S/C19H29N5O2/c1-13(2)18-23-17(26-24-18)7-6-10-21-19(20-4)22-12-15-9-8-14(3)11-16(15)25-5/h8-9,11,13H,6-7,10,12H2,1-5H3,(H2,20,21,22). The Kier molecular flexibility index (Phi) is 7.44. The molecule has 0 unspecified atom stereocenters. The molecule has 0 spiro atoms. The van der Waals surface area contributed by atoms with Crippen molar-refractivity contribution < 1.29 is 9.26 Å². The number of ether oxygens (including phenoxy) is 1. The number of methoxy groups -OCH3 is 1. The minimum absolute atomic E-state index is 0.285. The van der Waals surface area contributed by atoms with Crippen molar-refractivity contribution in [2.75, 3.05) is 20.7 Å². The van der Waals surface area contributed by atoms with Gasteiger partial charge < -0.3 is 19.9 Å². The molecule has 0 bridgehead atoms. The van der Waals surface area contributed by atoms with Crippen LogP contribution in [-0.2, 0) is 13.0 Å². The minimum Gasteiger partial charge on any atom is -0.496 e. The van der Waals surface area contributed by atoms with E-state index in [2.05, 4.69) is 51.7 Å². The van der Waals surface area contributed by atoms with E-state index in [0.29, 0.717) is 12.4 Å². The second-order valence-electron chi connectivity index (χ2n) is 6.47. The van der Waals surface area contributed by atoms with Crippen molar-refractivity contribution in [3.05, 3.63) is 41.0 Å². The second kappa shape index (κ2) is 9.79. The van der Waals surface area contributed by atoms with E-state index in [0.717, 1.165) is 42.5 Å². The third kappa shape index (κ3) is 5.75. The minimum atomic E-state index is 0.285. The molecule has 2 N–H and O–H groups in total. The number of guanidine groups is 1. The van der Waals surface area contributed by atoms with Crippen LogP contribution in [0.5, 0.6) is 5.75 Å². The first-order valence-electron chi connectivity index (χ1n) is 8.94. The van der Waals surface area contributed by atoms with Crippen molar-refractivity contribution in [3.8, 4) is 5.75 Å². The van der Waals surface area contributed by atoms with Crippen LogP contribution in [0.25, 0.3) is 0 Å². The fourth-order valence-corrected chi connectivity index (χ4v) is 2.45. The van der Waals surface area contributed by atoms with E-state index in [9.17, 15) is 0 Å². The van der Waals surface area contributed by atoms with E-state index in [1.165, 1.54) is 5.56 Å². The van der Waals surface area contributed by atoms with Crippen LogP contribution in [0.1, 0.15) is 49.0 Å². The van der Waals surface area contributed by atoms with Crippen molar-refractivity contribution in [2.24, 2.45) is 4.99 Å². The number of aromatic nitrogens is 2. The average molecular weight is 359 g/mol.